The van der Waals surface area contributed by atoms with Crippen molar-refractivity contribution in [2.75, 3.05) is 20.3 Å². The molecule has 188 valence electrons. The number of ether oxygens (including phenoxy) is 3. The number of benzene rings is 2. The van der Waals surface area contributed by atoms with E-state index in [0.29, 0.717) is 11.3 Å². The molecule has 7 nitrogen and oxygen atoms in total. The number of hydrogen-bond acceptors (Lipinski definition) is 5. The van der Waals surface area contributed by atoms with E-state index < -0.39 is 41.5 Å². The molecule has 0 unspecified atom stereocenters. The molecule has 0 spiro atoms. The van der Waals surface area contributed by atoms with Crippen LogP contribution in [0.1, 0.15) is 29.8 Å². The number of halogens is 3. The smallest absolute Gasteiger partial charge is 0.290 e. The van der Waals surface area contributed by atoms with Crippen LogP contribution in [0.3, 0.4) is 0 Å². The highest BCUT2D eigenvalue weighted by Gasteiger charge is 2.45. The van der Waals surface area contributed by atoms with Crippen molar-refractivity contribution in [2.24, 2.45) is 0 Å². The Morgan fingerprint density at radius 3 is 2.56 bits per heavy atom. The molecule has 10 heteroatoms. The van der Waals surface area contributed by atoms with Crippen LogP contribution in [0.4, 0.5) is 13.2 Å². The predicted octanol–water partition coefficient (Wildman–Crippen LogP) is 4.33. The van der Waals surface area contributed by atoms with E-state index in [1.165, 1.54) is 4.90 Å². The van der Waals surface area contributed by atoms with Gasteiger partial charge in [0.2, 0.25) is 0 Å². The van der Waals surface area contributed by atoms with Crippen LogP contribution in [0.5, 0.6) is 5.75 Å². The van der Waals surface area contributed by atoms with Gasteiger partial charge in [-0.3, -0.25) is 4.79 Å². The third-order valence-corrected chi connectivity index (χ3v) is 6.44. The quantitative estimate of drug-likeness (QED) is 0.395. The van der Waals surface area contributed by atoms with E-state index in [9.17, 15) is 18.0 Å². The molecule has 3 heterocycles. The van der Waals surface area contributed by atoms with Crippen molar-refractivity contribution in [1.29, 1.82) is 0 Å². The summed E-state index contributed by atoms with van der Waals surface area (Å²) >= 11 is 0. The van der Waals surface area contributed by atoms with E-state index in [0.717, 1.165) is 23.5 Å². The molecule has 0 N–H and O–H groups in total. The van der Waals surface area contributed by atoms with Crippen molar-refractivity contribution in [3.05, 3.63) is 82.9 Å². The standard InChI is InChI=1S/C26H24F3N3O4/c1-14-10-31(13-30-14)20-5-4-16(6-23(20)34-3)7-24-26(33)32-21(15(2)36-24)11-35-12-22(32)17-8-18(27)25(29)19(28)9-17/h4-10,13,15,21-22H,11-12H2,1-3H3/b24-7-/t15-,21+,22-/m0/s1. The summed E-state index contributed by atoms with van der Waals surface area (Å²) in [7, 11) is 1.55. The molecule has 2 aromatic carbocycles. The predicted molar refractivity (Wildman–Crippen MR) is 124 cm³/mol. The van der Waals surface area contributed by atoms with Crippen LogP contribution in [0, 0.1) is 24.4 Å². The molecule has 0 saturated carbocycles. The van der Waals surface area contributed by atoms with Crippen LogP contribution in [0.2, 0.25) is 0 Å². The second-order valence-corrected chi connectivity index (χ2v) is 8.82. The van der Waals surface area contributed by atoms with Crippen LogP contribution in [-0.4, -0.2) is 52.8 Å². The second-order valence-electron chi connectivity index (χ2n) is 8.82. The molecule has 5 rings (SSSR count). The molecular formula is C26H24F3N3O4. The monoisotopic (exact) mass is 499 g/mol. The zero-order valence-corrected chi connectivity index (χ0v) is 19.9. The molecule has 0 aliphatic carbocycles. The molecule has 0 radical (unpaired) electrons. The Hall–Kier alpha value is -3.79. The summed E-state index contributed by atoms with van der Waals surface area (Å²) in [5.41, 5.74) is 2.40. The Balaban J connectivity index is 1.49. The molecule has 36 heavy (non-hydrogen) atoms. The van der Waals surface area contributed by atoms with E-state index in [1.807, 2.05) is 29.8 Å². The summed E-state index contributed by atoms with van der Waals surface area (Å²) in [6, 6.07) is 5.93. The van der Waals surface area contributed by atoms with Gasteiger partial charge >= 0.3 is 0 Å². The topological polar surface area (TPSA) is 65.8 Å². The van der Waals surface area contributed by atoms with Crippen molar-refractivity contribution < 1.29 is 32.2 Å². The van der Waals surface area contributed by atoms with E-state index in [2.05, 4.69) is 4.98 Å². The van der Waals surface area contributed by atoms with Crippen LogP contribution in [0.15, 0.2) is 48.6 Å². The van der Waals surface area contributed by atoms with E-state index in [4.69, 9.17) is 14.2 Å². The van der Waals surface area contributed by atoms with Gasteiger partial charge in [0.1, 0.15) is 11.9 Å². The highest BCUT2D eigenvalue weighted by atomic mass is 19.2. The normalized spacial score (nSPS) is 22.9. The fourth-order valence-corrected chi connectivity index (χ4v) is 4.62. The largest absolute Gasteiger partial charge is 0.495 e. The maximum atomic E-state index is 14.0. The second kappa shape index (κ2) is 9.34. The first kappa shape index (κ1) is 23.9. The average molecular weight is 499 g/mol. The number of imidazole rings is 1. The van der Waals surface area contributed by atoms with Crippen molar-refractivity contribution in [3.63, 3.8) is 0 Å². The SMILES string of the molecule is COc1cc(/C=C2\O[C@@H](C)[C@H]3COC[C@@H](c4cc(F)c(F)c(F)c4)N3C2=O)ccc1-n1cnc(C)c1. The Morgan fingerprint density at radius 2 is 1.89 bits per heavy atom. The number of amides is 1. The van der Waals surface area contributed by atoms with Crippen LogP contribution >= 0.6 is 0 Å². The Labute approximate surface area is 205 Å². The maximum absolute atomic E-state index is 14.0. The lowest BCUT2D eigenvalue weighted by molar-refractivity contribution is -0.166. The Morgan fingerprint density at radius 1 is 1.14 bits per heavy atom. The third kappa shape index (κ3) is 4.21. The molecule has 2 aliphatic rings. The summed E-state index contributed by atoms with van der Waals surface area (Å²) in [6.07, 6.45) is 4.69. The molecule has 2 fully saturated rings. The number of morpholine rings is 2. The lowest BCUT2D eigenvalue weighted by Crippen LogP contribution is -2.59. The van der Waals surface area contributed by atoms with Gasteiger partial charge in [-0.1, -0.05) is 6.07 Å². The van der Waals surface area contributed by atoms with Crippen molar-refractivity contribution in [2.45, 2.75) is 32.0 Å². The Bertz CT molecular complexity index is 1330. The van der Waals surface area contributed by atoms with Gasteiger partial charge in [-0.05, 0) is 55.3 Å². The van der Waals surface area contributed by atoms with Gasteiger partial charge in [-0.15, -0.1) is 0 Å². The number of fused-ring (bicyclic) bond motifs is 1. The number of hydrogen-bond donors (Lipinski definition) is 0. The molecule has 2 aliphatic heterocycles. The molecule has 3 aromatic rings. The third-order valence-electron chi connectivity index (χ3n) is 6.44. The molecule has 0 bridgehead atoms. The van der Waals surface area contributed by atoms with E-state index in [-0.39, 0.29) is 24.5 Å². The summed E-state index contributed by atoms with van der Waals surface area (Å²) in [6.45, 7) is 3.89. The molecule has 1 amide bonds. The van der Waals surface area contributed by atoms with Gasteiger partial charge in [-0.2, -0.15) is 0 Å². The van der Waals surface area contributed by atoms with Gasteiger partial charge < -0.3 is 23.7 Å². The summed E-state index contributed by atoms with van der Waals surface area (Å²) in [5.74, 6) is -4.02. The number of nitrogens with zero attached hydrogens (tertiary/aromatic N) is 3. The first-order valence-corrected chi connectivity index (χ1v) is 11.4. The van der Waals surface area contributed by atoms with Gasteiger partial charge in [0.25, 0.3) is 5.91 Å². The molecular weight excluding hydrogens is 475 g/mol. The van der Waals surface area contributed by atoms with Crippen molar-refractivity contribution in [3.8, 4) is 11.4 Å². The minimum absolute atomic E-state index is 0.0135. The van der Waals surface area contributed by atoms with Gasteiger partial charge in [0.15, 0.2) is 23.2 Å². The minimum atomic E-state index is -1.56. The highest BCUT2D eigenvalue weighted by molar-refractivity contribution is 5.97. The number of rotatable bonds is 4. The van der Waals surface area contributed by atoms with Gasteiger partial charge in [-0.25, -0.2) is 18.2 Å². The first-order chi connectivity index (χ1) is 17.3. The lowest BCUT2D eigenvalue weighted by atomic mass is 9.97. The fraction of sp³-hybridized carbons (Fsp3) is 0.308. The van der Waals surface area contributed by atoms with Gasteiger partial charge in [0, 0.05) is 6.20 Å². The fourth-order valence-electron chi connectivity index (χ4n) is 4.62. The molecule has 2 saturated heterocycles. The zero-order valence-electron chi connectivity index (χ0n) is 19.9. The van der Waals surface area contributed by atoms with Crippen LogP contribution < -0.4 is 4.74 Å². The molecule has 3 atom stereocenters. The van der Waals surface area contributed by atoms with Crippen molar-refractivity contribution >= 4 is 12.0 Å². The summed E-state index contributed by atoms with van der Waals surface area (Å²) in [4.78, 5) is 19.3. The average Bonchev–Trinajstić information content (AvgIpc) is 3.30. The van der Waals surface area contributed by atoms with Crippen molar-refractivity contribution in [1.82, 2.24) is 14.5 Å². The summed E-state index contributed by atoms with van der Waals surface area (Å²) in [5, 5.41) is 0. The highest BCUT2D eigenvalue weighted by Crippen LogP contribution is 2.36. The number of aromatic nitrogens is 2. The van der Waals surface area contributed by atoms with Gasteiger partial charge in [0.05, 0.1) is 50.1 Å². The summed E-state index contributed by atoms with van der Waals surface area (Å²) < 4.78 is 60.4. The number of carbonyl (C=O) groups is 1. The number of methoxy groups -OCH3 is 1. The lowest BCUT2D eigenvalue weighted by Gasteiger charge is -2.47. The minimum Gasteiger partial charge on any atom is -0.495 e. The Kier molecular flexibility index (Phi) is 6.21. The molecule has 1 aromatic heterocycles. The van der Waals surface area contributed by atoms with Crippen LogP contribution in [-0.2, 0) is 14.3 Å². The zero-order chi connectivity index (χ0) is 25.6. The van der Waals surface area contributed by atoms with E-state index in [1.54, 1.807) is 32.5 Å². The van der Waals surface area contributed by atoms with Crippen LogP contribution in [0.25, 0.3) is 11.8 Å². The maximum Gasteiger partial charge on any atom is 0.290 e. The first-order valence-electron chi connectivity index (χ1n) is 11.4. The van der Waals surface area contributed by atoms with E-state index >= 15 is 0 Å². The number of aryl methyl sites for hydroxylation is 1. The number of carbonyl (C=O) groups excluding carboxylic acids is 1.